The van der Waals surface area contributed by atoms with Gasteiger partial charge in [0.05, 0.1) is 24.0 Å². The summed E-state index contributed by atoms with van der Waals surface area (Å²) in [6, 6.07) is 24.0. The molecule has 0 unspecified atom stereocenters. The molecule has 3 aromatic heterocycles. The minimum absolute atomic E-state index is 0.164. The first-order valence-electron chi connectivity index (χ1n) is 12.1. The van der Waals surface area contributed by atoms with Crippen LogP contribution in [0.4, 0.5) is 11.4 Å². The van der Waals surface area contributed by atoms with Gasteiger partial charge < -0.3 is 25.3 Å². The molecule has 0 atom stereocenters. The molecule has 6 aromatic rings. The lowest BCUT2D eigenvalue weighted by Gasteiger charge is -2.22. The number of anilines is 2. The minimum atomic E-state index is -0.213. The van der Waals surface area contributed by atoms with Crippen LogP contribution < -0.4 is 10.2 Å². The van der Waals surface area contributed by atoms with Gasteiger partial charge in [0.15, 0.2) is 0 Å². The molecule has 0 bridgehead atoms. The summed E-state index contributed by atoms with van der Waals surface area (Å²) in [5.74, 6) is -0.402. The number of carbonyl (C=O) groups excluding carboxylic acids is 2. The molecule has 188 valence electrons. The molecule has 4 N–H and O–H groups in total. The zero-order valence-electron chi connectivity index (χ0n) is 20.3. The SMILES string of the molecule is O=C(Nc1ccc(-n2ncc3cc(N(CCO)C(=O)c4ccc5[nH]ccc5c4)ccc32)cc1)c1ccc[nH]1. The van der Waals surface area contributed by atoms with Crippen molar-refractivity contribution in [2.24, 2.45) is 0 Å². The Bertz CT molecular complexity index is 1750. The van der Waals surface area contributed by atoms with Crippen molar-refractivity contribution in [1.29, 1.82) is 0 Å². The highest BCUT2D eigenvalue weighted by Gasteiger charge is 2.19. The number of hydrogen-bond acceptors (Lipinski definition) is 4. The van der Waals surface area contributed by atoms with Gasteiger partial charge in [-0.2, -0.15) is 5.10 Å². The maximum absolute atomic E-state index is 13.4. The summed E-state index contributed by atoms with van der Waals surface area (Å²) < 4.78 is 1.80. The third-order valence-corrected chi connectivity index (χ3v) is 6.44. The Balaban J connectivity index is 1.25. The molecule has 9 heteroatoms. The van der Waals surface area contributed by atoms with Crippen LogP contribution in [0.15, 0.2) is 97.5 Å². The number of aromatic nitrogens is 4. The van der Waals surface area contributed by atoms with E-state index in [0.29, 0.717) is 22.6 Å². The van der Waals surface area contributed by atoms with Crippen LogP contribution in [0.3, 0.4) is 0 Å². The predicted molar refractivity (Wildman–Crippen MR) is 147 cm³/mol. The molecule has 0 aliphatic carbocycles. The highest BCUT2D eigenvalue weighted by molar-refractivity contribution is 6.08. The van der Waals surface area contributed by atoms with Crippen molar-refractivity contribution in [3.05, 3.63) is 109 Å². The highest BCUT2D eigenvalue weighted by Crippen LogP contribution is 2.26. The van der Waals surface area contributed by atoms with E-state index in [1.165, 1.54) is 0 Å². The quantitative estimate of drug-likeness (QED) is 0.251. The fourth-order valence-corrected chi connectivity index (χ4v) is 4.54. The van der Waals surface area contributed by atoms with Crippen molar-refractivity contribution in [1.82, 2.24) is 19.7 Å². The van der Waals surface area contributed by atoms with E-state index in [1.807, 2.05) is 66.9 Å². The Morgan fingerprint density at radius 3 is 2.58 bits per heavy atom. The lowest BCUT2D eigenvalue weighted by molar-refractivity contribution is 0.0979. The molecule has 3 heterocycles. The lowest BCUT2D eigenvalue weighted by Crippen LogP contribution is -2.33. The van der Waals surface area contributed by atoms with Gasteiger partial charge in [0, 0.05) is 52.2 Å². The standard InChI is InChI=1S/C29H24N6O3/c36-15-14-34(29(38)20-3-9-25-19(16-20)11-13-31-25)24-8-10-27-21(17-24)18-32-35(27)23-6-4-22(5-7-23)33-28(37)26-2-1-12-30-26/h1-13,16-18,30-31,36H,14-15H2,(H,33,37). The summed E-state index contributed by atoms with van der Waals surface area (Å²) in [6.07, 6.45) is 5.28. The predicted octanol–water partition coefficient (Wildman–Crippen LogP) is 4.73. The highest BCUT2D eigenvalue weighted by atomic mass is 16.3. The Morgan fingerprint density at radius 2 is 1.79 bits per heavy atom. The van der Waals surface area contributed by atoms with Crippen molar-refractivity contribution in [3.8, 4) is 5.69 Å². The van der Waals surface area contributed by atoms with Crippen LogP contribution in [0.1, 0.15) is 20.8 Å². The van der Waals surface area contributed by atoms with Crippen LogP contribution in [0.2, 0.25) is 0 Å². The Kier molecular flexibility index (Phi) is 5.95. The number of H-pyrrole nitrogens is 2. The molecule has 0 fully saturated rings. The number of aromatic amines is 2. The van der Waals surface area contributed by atoms with Crippen molar-refractivity contribution < 1.29 is 14.7 Å². The summed E-state index contributed by atoms with van der Waals surface area (Å²) in [5.41, 5.74) is 5.03. The zero-order chi connectivity index (χ0) is 26.1. The molecule has 9 nitrogen and oxygen atoms in total. The maximum atomic E-state index is 13.4. The van der Waals surface area contributed by atoms with Crippen LogP contribution in [-0.4, -0.2) is 49.8 Å². The fourth-order valence-electron chi connectivity index (χ4n) is 4.54. The van der Waals surface area contributed by atoms with Gasteiger partial charge in [0.25, 0.3) is 11.8 Å². The number of nitrogens with one attached hydrogen (secondary N) is 3. The molecule has 38 heavy (non-hydrogen) atoms. The van der Waals surface area contributed by atoms with E-state index < -0.39 is 0 Å². The van der Waals surface area contributed by atoms with Gasteiger partial charge in [-0.05, 0) is 78.9 Å². The number of carbonyl (C=O) groups is 2. The Morgan fingerprint density at radius 1 is 0.921 bits per heavy atom. The molecule has 2 amide bonds. The summed E-state index contributed by atoms with van der Waals surface area (Å²) in [7, 11) is 0. The molecular formula is C29H24N6O3. The number of aliphatic hydroxyl groups is 1. The van der Waals surface area contributed by atoms with Gasteiger partial charge in [0.1, 0.15) is 5.69 Å². The first-order valence-corrected chi connectivity index (χ1v) is 12.1. The number of rotatable bonds is 7. The first kappa shape index (κ1) is 23.3. The van der Waals surface area contributed by atoms with Crippen LogP contribution >= 0.6 is 0 Å². The summed E-state index contributed by atoms with van der Waals surface area (Å²) >= 11 is 0. The second-order valence-corrected chi connectivity index (χ2v) is 8.84. The maximum Gasteiger partial charge on any atom is 0.272 e. The van der Waals surface area contributed by atoms with E-state index in [2.05, 4.69) is 20.4 Å². The number of benzene rings is 3. The number of fused-ring (bicyclic) bond motifs is 2. The first-order chi connectivity index (χ1) is 18.6. The Labute approximate surface area is 217 Å². The molecule has 0 saturated carbocycles. The van der Waals surface area contributed by atoms with Gasteiger partial charge in [-0.3, -0.25) is 9.59 Å². The molecule has 0 aliphatic heterocycles. The smallest absolute Gasteiger partial charge is 0.272 e. The van der Waals surface area contributed by atoms with Crippen molar-refractivity contribution in [3.63, 3.8) is 0 Å². The largest absolute Gasteiger partial charge is 0.395 e. The van der Waals surface area contributed by atoms with E-state index in [4.69, 9.17) is 0 Å². The minimum Gasteiger partial charge on any atom is -0.395 e. The van der Waals surface area contributed by atoms with Crippen LogP contribution in [0.25, 0.3) is 27.5 Å². The summed E-state index contributed by atoms with van der Waals surface area (Å²) in [4.78, 5) is 33.3. The van der Waals surface area contributed by atoms with Crippen LogP contribution in [0, 0.1) is 0 Å². The number of nitrogens with zero attached hydrogens (tertiary/aromatic N) is 3. The van der Waals surface area contributed by atoms with Crippen molar-refractivity contribution in [2.45, 2.75) is 0 Å². The lowest BCUT2D eigenvalue weighted by atomic mass is 10.1. The fraction of sp³-hybridized carbons (Fsp3) is 0.0690. The Hall–Kier alpha value is -5.15. The monoisotopic (exact) mass is 504 g/mol. The van der Waals surface area contributed by atoms with E-state index in [-0.39, 0.29) is 25.0 Å². The van der Waals surface area contributed by atoms with Gasteiger partial charge in [-0.15, -0.1) is 0 Å². The molecule has 0 aliphatic rings. The van der Waals surface area contributed by atoms with Crippen LogP contribution in [0.5, 0.6) is 0 Å². The average Bonchev–Trinajstić information content (AvgIpc) is 3.72. The molecular weight excluding hydrogens is 480 g/mol. The third-order valence-electron chi connectivity index (χ3n) is 6.44. The number of hydrogen-bond donors (Lipinski definition) is 4. The van der Waals surface area contributed by atoms with E-state index in [9.17, 15) is 14.7 Å². The molecule has 0 radical (unpaired) electrons. The number of aliphatic hydroxyl groups excluding tert-OH is 1. The van der Waals surface area contributed by atoms with Gasteiger partial charge in [-0.1, -0.05) is 0 Å². The summed E-state index contributed by atoms with van der Waals surface area (Å²) in [5, 5.41) is 18.9. The van der Waals surface area contributed by atoms with Crippen LogP contribution in [-0.2, 0) is 0 Å². The van der Waals surface area contributed by atoms with E-state index in [1.54, 1.807) is 40.2 Å². The second kappa shape index (κ2) is 9.72. The molecule has 0 spiro atoms. The van der Waals surface area contributed by atoms with Gasteiger partial charge in [-0.25, -0.2) is 4.68 Å². The average molecular weight is 505 g/mol. The van der Waals surface area contributed by atoms with Crippen molar-refractivity contribution >= 4 is 45.0 Å². The van der Waals surface area contributed by atoms with E-state index in [0.717, 1.165) is 27.5 Å². The summed E-state index contributed by atoms with van der Waals surface area (Å²) in [6.45, 7) is 0.00149. The zero-order valence-corrected chi connectivity index (χ0v) is 20.3. The number of amides is 2. The topological polar surface area (TPSA) is 119 Å². The van der Waals surface area contributed by atoms with Gasteiger partial charge >= 0.3 is 0 Å². The normalized spacial score (nSPS) is 11.2. The molecule has 3 aromatic carbocycles. The van der Waals surface area contributed by atoms with Crippen molar-refractivity contribution in [2.75, 3.05) is 23.4 Å². The second-order valence-electron chi connectivity index (χ2n) is 8.84. The van der Waals surface area contributed by atoms with E-state index >= 15 is 0 Å². The third kappa shape index (κ3) is 4.31. The van der Waals surface area contributed by atoms with Gasteiger partial charge in [0.2, 0.25) is 0 Å². The molecule has 0 saturated heterocycles. The molecule has 6 rings (SSSR count).